The largest absolute Gasteiger partial charge is 0.481 e. The van der Waals surface area contributed by atoms with Gasteiger partial charge in [0, 0.05) is 42.7 Å². The number of para-hydroxylation sites is 1. The van der Waals surface area contributed by atoms with Crippen LogP contribution in [0.2, 0.25) is 0 Å². The molecule has 9 N–H and O–H groups in total. The number of imidazole rings is 1. The number of benzene rings is 2. The number of hydrogen-bond acceptors (Lipinski definition) is 9. The number of aromatic amines is 1. The van der Waals surface area contributed by atoms with Crippen molar-refractivity contribution < 1.29 is 33.9 Å². The number of aryl methyl sites for hydroxylation is 1. The summed E-state index contributed by atoms with van der Waals surface area (Å²) in [6.07, 6.45) is 10.0. The molecule has 58 heavy (non-hydrogen) atoms. The molecule has 1 fully saturated rings. The van der Waals surface area contributed by atoms with Crippen LogP contribution in [0.1, 0.15) is 92.1 Å². The summed E-state index contributed by atoms with van der Waals surface area (Å²) < 4.78 is 0. The second-order valence-corrected chi connectivity index (χ2v) is 14.5. The molecule has 0 unspecified atom stereocenters. The van der Waals surface area contributed by atoms with Crippen molar-refractivity contribution in [2.24, 2.45) is 5.73 Å². The zero-order valence-corrected chi connectivity index (χ0v) is 32.5. The monoisotopic (exact) mass is 793 g/mol. The number of carbonyl (C=O) groups is 6. The average Bonchev–Trinajstić information content (AvgIpc) is 3.62. The fourth-order valence-corrected chi connectivity index (χ4v) is 6.86. The minimum atomic E-state index is -1.28. The van der Waals surface area contributed by atoms with E-state index in [4.69, 9.17) is 5.73 Å². The lowest BCUT2D eigenvalue weighted by atomic mass is 9.80. The SMILES string of the molecule is Cc1ccccc1Nc1nc2ccc(C(=O)N[C@@H](CCCCNC(=O)/C=C/c3cccnc3)C(=O)N[C@@H](CCCC(=O)O)C(=O)NC3(C(N)=O)CCCCC3)cc2[nH]1. The lowest BCUT2D eigenvalue weighted by molar-refractivity contribution is -0.137. The van der Waals surface area contributed by atoms with Gasteiger partial charge in [0.25, 0.3) is 5.91 Å². The number of carboxylic acids is 1. The Bertz CT molecular complexity index is 2110. The third-order valence-corrected chi connectivity index (χ3v) is 10.2. The molecule has 2 heterocycles. The van der Waals surface area contributed by atoms with Crippen LogP contribution in [0, 0.1) is 6.92 Å². The minimum Gasteiger partial charge on any atom is -0.481 e. The van der Waals surface area contributed by atoms with Gasteiger partial charge in [-0.3, -0.25) is 33.8 Å². The molecule has 16 nitrogen and oxygen atoms in total. The Balaban J connectivity index is 1.29. The normalized spacial score (nSPS) is 14.6. The van der Waals surface area contributed by atoms with Crippen molar-refractivity contribution >= 4 is 64.3 Å². The Hall–Kier alpha value is -6.58. The van der Waals surface area contributed by atoms with Crippen LogP contribution < -0.4 is 32.3 Å². The van der Waals surface area contributed by atoms with E-state index in [9.17, 15) is 33.9 Å². The van der Waals surface area contributed by atoms with Gasteiger partial charge < -0.3 is 42.4 Å². The van der Waals surface area contributed by atoms with Crippen molar-refractivity contribution in [1.82, 2.24) is 36.2 Å². The van der Waals surface area contributed by atoms with Gasteiger partial charge in [-0.25, -0.2) is 4.98 Å². The number of H-pyrrole nitrogens is 1. The van der Waals surface area contributed by atoms with Gasteiger partial charge in [0.15, 0.2) is 0 Å². The molecule has 2 aromatic heterocycles. The standard InChI is InChI=1S/C42H51N9O7/c1-27-11-3-4-13-30(27)48-41-49-31-19-18-29(25-34(31)50-41)37(55)46-32(14-5-8-24-45-35(52)20-17-28-12-10-23-44-26-28)38(56)47-33(15-9-16-36(53)54)39(57)51-42(40(43)58)21-6-2-7-22-42/h3-4,10-13,17-20,23,25-26,32-33H,2,5-9,14-16,21-22,24H2,1H3,(H2,43,58)(H,45,52)(H,46,55)(H,47,56)(H,51,57)(H,53,54)(H2,48,49,50)/b20-17+/t32-,33-/m0/s1. The number of carbonyl (C=O) groups excluding carboxylic acids is 5. The maximum atomic E-state index is 14.0. The van der Waals surface area contributed by atoms with Gasteiger partial charge in [-0.1, -0.05) is 43.5 Å². The van der Waals surface area contributed by atoms with Crippen molar-refractivity contribution in [2.75, 3.05) is 11.9 Å². The number of anilines is 2. The molecule has 306 valence electrons. The predicted octanol–water partition coefficient (Wildman–Crippen LogP) is 4.15. The molecule has 4 aromatic rings. The number of nitrogens with one attached hydrogen (secondary N) is 6. The highest BCUT2D eigenvalue weighted by Crippen LogP contribution is 2.28. The third-order valence-electron chi connectivity index (χ3n) is 10.2. The van der Waals surface area contributed by atoms with Crippen molar-refractivity contribution in [3.05, 3.63) is 89.8 Å². The first-order valence-electron chi connectivity index (χ1n) is 19.6. The number of aromatic nitrogens is 3. The van der Waals surface area contributed by atoms with E-state index in [-0.39, 0.29) is 37.2 Å². The number of nitrogens with zero attached hydrogens (tertiary/aromatic N) is 2. The Morgan fingerprint density at radius 3 is 2.40 bits per heavy atom. The number of pyridine rings is 1. The number of fused-ring (bicyclic) bond motifs is 1. The summed E-state index contributed by atoms with van der Waals surface area (Å²) in [6.45, 7) is 2.26. The fraction of sp³-hybridized carbons (Fsp3) is 0.381. The van der Waals surface area contributed by atoms with E-state index < -0.39 is 47.2 Å². The third kappa shape index (κ3) is 12.2. The molecule has 0 bridgehead atoms. The molecule has 2 aromatic carbocycles. The van der Waals surface area contributed by atoms with Gasteiger partial charge in [0.2, 0.25) is 29.6 Å². The molecule has 5 rings (SSSR count). The van der Waals surface area contributed by atoms with Crippen LogP contribution >= 0.6 is 0 Å². The van der Waals surface area contributed by atoms with Gasteiger partial charge in [0.05, 0.1) is 11.0 Å². The number of aliphatic carboxylic acids is 1. The van der Waals surface area contributed by atoms with E-state index in [1.165, 1.54) is 6.08 Å². The van der Waals surface area contributed by atoms with Gasteiger partial charge in [0.1, 0.15) is 17.6 Å². The molecule has 0 spiro atoms. The highest BCUT2D eigenvalue weighted by molar-refractivity contribution is 6.01. The molecular formula is C42H51N9O7. The summed E-state index contributed by atoms with van der Waals surface area (Å²) in [7, 11) is 0. The molecular weight excluding hydrogens is 743 g/mol. The number of primary amides is 1. The molecule has 2 atom stereocenters. The maximum Gasteiger partial charge on any atom is 0.303 e. The number of nitrogens with two attached hydrogens (primary N) is 1. The lowest BCUT2D eigenvalue weighted by Crippen LogP contribution is -2.62. The summed E-state index contributed by atoms with van der Waals surface area (Å²) in [5.74, 6) is -3.45. The number of carboxylic acid groups (broad SMARTS) is 1. The number of unbranched alkanes of at least 4 members (excludes halogenated alkanes) is 1. The molecule has 1 saturated carbocycles. The Kier molecular flexibility index (Phi) is 15.1. The molecule has 1 aliphatic rings. The Morgan fingerprint density at radius 2 is 1.67 bits per heavy atom. The first kappa shape index (κ1) is 42.6. The number of hydrogen-bond donors (Lipinski definition) is 8. The quantitative estimate of drug-likeness (QED) is 0.0469. The van der Waals surface area contributed by atoms with Crippen molar-refractivity contribution in [3.8, 4) is 0 Å². The van der Waals surface area contributed by atoms with E-state index in [1.54, 1.807) is 42.7 Å². The van der Waals surface area contributed by atoms with Crippen LogP contribution in [0.25, 0.3) is 17.1 Å². The average molecular weight is 794 g/mol. The van der Waals surface area contributed by atoms with E-state index in [0.717, 1.165) is 23.2 Å². The highest BCUT2D eigenvalue weighted by atomic mass is 16.4. The Labute approximate surface area is 336 Å². The molecule has 16 heteroatoms. The van der Waals surface area contributed by atoms with Crippen molar-refractivity contribution in [2.45, 2.75) is 95.2 Å². The second-order valence-electron chi connectivity index (χ2n) is 14.5. The molecule has 0 aliphatic heterocycles. The topological polar surface area (TPSA) is 250 Å². The highest BCUT2D eigenvalue weighted by Gasteiger charge is 2.41. The van der Waals surface area contributed by atoms with E-state index in [2.05, 4.69) is 41.5 Å². The summed E-state index contributed by atoms with van der Waals surface area (Å²) >= 11 is 0. The summed E-state index contributed by atoms with van der Waals surface area (Å²) in [5.41, 5.74) is 8.59. The molecule has 0 saturated heterocycles. The second kappa shape index (κ2) is 20.5. The van der Waals surface area contributed by atoms with E-state index >= 15 is 0 Å². The van der Waals surface area contributed by atoms with Crippen LogP contribution in [0.4, 0.5) is 11.6 Å². The number of amides is 5. The van der Waals surface area contributed by atoms with Crippen molar-refractivity contribution in [3.63, 3.8) is 0 Å². The number of rotatable bonds is 20. The maximum absolute atomic E-state index is 14.0. The first-order chi connectivity index (χ1) is 27.9. The molecule has 0 radical (unpaired) electrons. The smallest absolute Gasteiger partial charge is 0.303 e. The minimum absolute atomic E-state index is 0.0344. The van der Waals surface area contributed by atoms with Gasteiger partial charge in [-0.05, 0) is 99.4 Å². The summed E-state index contributed by atoms with van der Waals surface area (Å²) in [4.78, 5) is 89.6. The van der Waals surface area contributed by atoms with E-state index in [1.807, 2.05) is 37.3 Å². The predicted molar refractivity (Wildman–Crippen MR) is 219 cm³/mol. The van der Waals surface area contributed by atoms with Crippen molar-refractivity contribution in [1.29, 1.82) is 0 Å². The Morgan fingerprint density at radius 1 is 0.914 bits per heavy atom. The fourth-order valence-electron chi connectivity index (χ4n) is 6.86. The van der Waals surface area contributed by atoms with Crippen LogP contribution in [0.3, 0.4) is 0 Å². The lowest BCUT2D eigenvalue weighted by Gasteiger charge is -2.36. The van der Waals surface area contributed by atoms with E-state index in [0.29, 0.717) is 62.1 Å². The van der Waals surface area contributed by atoms with Crippen LogP contribution in [0.5, 0.6) is 0 Å². The zero-order valence-electron chi connectivity index (χ0n) is 32.5. The molecule has 1 aliphatic carbocycles. The van der Waals surface area contributed by atoms with Gasteiger partial charge in [-0.15, -0.1) is 0 Å². The zero-order chi connectivity index (χ0) is 41.5. The summed E-state index contributed by atoms with van der Waals surface area (Å²) in [6, 6.07) is 13.9. The summed E-state index contributed by atoms with van der Waals surface area (Å²) in [5, 5.41) is 23.7. The molecule has 5 amide bonds. The first-order valence-corrected chi connectivity index (χ1v) is 19.6. The van der Waals surface area contributed by atoms with Crippen LogP contribution in [-0.4, -0.2) is 79.7 Å². The van der Waals surface area contributed by atoms with Crippen LogP contribution in [0.15, 0.2) is 73.1 Å². The van der Waals surface area contributed by atoms with Gasteiger partial charge in [-0.2, -0.15) is 0 Å². The van der Waals surface area contributed by atoms with Gasteiger partial charge >= 0.3 is 5.97 Å². The van der Waals surface area contributed by atoms with Crippen LogP contribution in [-0.2, 0) is 24.0 Å².